The number of hydrogen-bond acceptors (Lipinski definition) is 5. The summed E-state index contributed by atoms with van der Waals surface area (Å²) in [7, 11) is 1.58. The van der Waals surface area contributed by atoms with Crippen LogP contribution in [0.4, 0.5) is 0 Å². The molecule has 2 unspecified atom stereocenters. The molecule has 2 heterocycles. The lowest BCUT2D eigenvalue weighted by Gasteiger charge is -2.37. The van der Waals surface area contributed by atoms with Crippen molar-refractivity contribution in [1.82, 2.24) is 0 Å². The van der Waals surface area contributed by atoms with E-state index in [4.69, 9.17) is 19.7 Å². The molecule has 2 saturated heterocycles. The Morgan fingerprint density at radius 2 is 2.50 bits per heavy atom. The van der Waals surface area contributed by atoms with Crippen LogP contribution in [0.15, 0.2) is 5.11 Å². The van der Waals surface area contributed by atoms with Gasteiger partial charge in [0, 0.05) is 24.1 Å². The minimum Gasteiger partial charge on any atom is -0.380 e. The maximum Gasteiger partial charge on any atom is 0.169 e. The number of fused-ring (bicyclic) bond motifs is 2. The van der Waals surface area contributed by atoms with Gasteiger partial charge in [0.25, 0.3) is 0 Å². The van der Waals surface area contributed by atoms with Crippen molar-refractivity contribution in [1.29, 1.82) is 0 Å². The van der Waals surface area contributed by atoms with Gasteiger partial charge in [-0.25, -0.2) is 0 Å². The molecule has 2 aliphatic heterocycles. The molecule has 0 aliphatic carbocycles. The molecule has 0 aromatic heterocycles. The fourth-order valence-electron chi connectivity index (χ4n) is 2.27. The van der Waals surface area contributed by atoms with Crippen LogP contribution >= 0.6 is 8.46 Å². The second kappa shape index (κ2) is 5.08. The molecule has 0 radical (unpaired) electrons. The molecule has 2 fully saturated rings. The first-order chi connectivity index (χ1) is 7.81. The van der Waals surface area contributed by atoms with Gasteiger partial charge in [0.15, 0.2) is 14.8 Å². The van der Waals surface area contributed by atoms with Crippen LogP contribution in [0.1, 0.15) is 0 Å². The van der Waals surface area contributed by atoms with Crippen molar-refractivity contribution in [3.8, 4) is 0 Å². The monoisotopic (exact) mass is 245 g/mol. The van der Waals surface area contributed by atoms with E-state index in [-0.39, 0.29) is 26.6 Å². The standard InChI is InChI=1S/C8H12N3O4P/c1-13-7-4(3-16-12)5-2-14-8(15-5)6(7)10-11-9/h4-8H,2-3H2,1H3/t4-,5?,6?,7-,8-/m1/s1. The van der Waals surface area contributed by atoms with Crippen molar-refractivity contribution < 1.29 is 18.8 Å². The largest absolute Gasteiger partial charge is 0.380 e. The normalized spacial score (nSPS) is 41.9. The van der Waals surface area contributed by atoms with Crippen LogP contribution in [-0.4, -0.2) is 44.4 Å². The Morgan fingerprint density at radius 3 is 3.12 bits per heavy atom. The van der Waals surface area contributed by atoms with Gasteiger partial charge in [0.05, 0.1) is 18.8 Å². The number of azide groups is 1. The van der Waals surface area contributed by atoms with Crippen LogP contribution in [0, 0.1) is 5.92 Å². The van der Waals surface area contributed by atoms with Crippen LogP contribution in [0.2, 0.25) is 0 Å². The van der Waals surface area contributed by atoms with E-state index in [0.29, 0.717) is 12.8 Å². The first kappa shape index (κ1) is 11.8. The van der Waals surface area contributed by atoms with E-state index < -0.39 is 12.3 Å². The average Bonchev–Trinajstić information content (AvgIpc) is 2.71. The van der Waals surface area contributed by atoms with Crippen LogP contribution < -0.4 is 0 Å². The van der Waals surface area contributed by atoms with E-state index in [9.17, 15) is 4.57 Å². The minimum absolute atomic E-state index is 0.0306. The smallest absolute Gasteiger partial charge is 0.169 e. The SMILES string of the molecule is CO[C@H]1C(N=[N+]=[N-])[C@@H]2OCC(O2)[C@H]1CP=O. The highest BCUT2D eigenvalue weighted by atomic mass is 31.1. The van der Waals surface area contributed by atoms with Crippen molar-refractivity contribution >= 4 is 8.46 Å². The molecule has 7 nitrogen and oxygen atoms in total. The molecule has 5 atom stereocenters. The van der Waals surface area contributed by atoms with Gasteiger partial charge in [-0.2, -0.15) is 0 Å². The number of methoxy groups -OCH3 is 1. The Hall–Kier alpha value is -0.710. The van der Waals surface area contributed by atoms with E-state index in [1.54, 1.807) is 7.11 Å². The fraction of sp³-hybridized carbons (Fsp3) is 1.00. The zero-order valence-electron chi connectivity index (χ0n) is 8.72. The van der Waals surface area contributed by atoms with Crippen molar-refractivity contribution in [2.45, 2.75) is 24.5 Å². The minimum atomic E-state index is -0.537. The third-order valence-corrected chi connectivity index (χ3v) is 3.56. The van der Waals surface area contributed by atoms with Gasteiger partial charge in [-0.05, 0) is 5.53 Å². The molecule has 2 aliphatic rings. The van der Waals surface area contributed by atoms with Gasteiger partial charge < -0.3 is 14.2 Å². The third-order valence-electron chi connectivity index (χ3n) is 2.99. The Balaban J connectivity index is 2.23. The summed E-state index contributed by atoms with van der Waals surface area (Å²) in [4.78, 5) is 2.77. The van der Waals surface area contributed by atoms with Crippen LogP contribution in [0.3, 0.4) is 0 Å². The fourth-order valence-corrected chi connectivity index (χ4v) is 2.88. The summed E-state index contributed by atoms with van der Waals surface area (Å²) < 4.78 is 27.0. The Labute approximate surface area is 93.9 Å². The van der Waals surface area contributed by atoms with Gasteiger partial charge in [-0.1, -0.05) is 5.11 Å². The maximum atomic E-state index is 10.7. The highest BCUT2D eigenvalue weighted by Crippen LogP contribution is 2.36. The van der Waals surface area contributed by atoms with Gasteiger partial charge in [-0.3, -0.25) is 4.57 Å². The zero-order valence-corrected chi connectivity index (χ0v) is 9.62. The van der Waals surface area contributed by atoms with Crippen molar-refractivity contribution in [3.63, 3.8) is 0 Å². The van der Waals surface area contributed by atoms with Crippen LogP contribution in [-0.2, 0) is 18.8 Å². The lowest BCUT2D eigenvalue weighted by molar-refractivity contribution is -0.159. The summed E-state index contributed by atoms with van der Waals surface area (Å²) in [5.41, 5.74) is 8.50. The molecule has 16 heavy (non-hydrogen) atoms. The molecule has 0 saturated carbocycles. The average molecular weight is 245 g/mol. The summed E-state index contributed by atoms with van der Waals surface area (Å²) in [5, 5.41) is 3.65. The highest BCUT2D eigenvalue weighted by molar-refractivity contribution is 7.23. The molecular formula is C8H12N3O4P. The summed E-state index contributed by atoms with van der Waals surface area (Å²) in [6, 6.07) is -0.513. The number of nitrogens with zero attached hydrogens (tertiary/aromatic N) is 3. The van der Waals surface area contributed by atoms with E-state index in [0.717, 1.165) is 0 Å². The van der Waals surface area contributed by atoms with Crippen molar-refractivity contribution in [2.75, 3.05) is 19.9 Å². The van der Waals surface area contributed by atoms with Gasteiger partial charge in [-0.15, -0.1) is 0 Å². The molecule has 0 aromatic rings. The first-order valence-corrected chi connectivity index (χ1v) is 5.94. The Bertz CT molecular complexity index is 322. The highest BCUT2D eigenvalue weighted by Gasteiger charge is 2.50. The first-order valence-electron chi connectivity index (χ1n) is 4.95. The predicted octanol–water partition coefficient (Wildman–Crippen LogP) is 1.34. The zero-order chi connectivity index (χ0) is 11.5. The summed E-state index contributed by atoms with van der Waals surface area (Å²) in [6.07, 6.45) is -0.549. The number of rotatable bonds is 4. The maximum absolute atomic E-state index is 10.7. The van der Waals surface area contributed by atoms with Gasteiger partial charge in [0.1, 0.15) is 6.04 Å². The van der Waals surface area contributed by atoms with Crippen molar-refractivity contribution in [3.05, 3.63) is 10.4 Å². The molecule has 0 N–H and O–H groups in total. The second-order valence-corrected chi connectivity index (χ2v) is 4.37. The van der Waals surface area contributed by atoms with Crippen LogP contribution in [0.5, 0.6) is 0 Å². The molecule has 2 rings (SSSR count). The number of ether oxygens (including phenoxy) is 3. The lowest BCUT2D eigenvalue weighted by atomic mass is 9.91. The summed E-state index contributed by atoms with van der Waals surface area (Å²) in [6.45, 7) is 0.433. The molecule has 88 valence electrons. The van der Waals surface area contributed by atoms with E-state index in [2.05, 4.69) is 10.0 Å². The van der Waals surface area contributed by atoms with E-state index >= 15 is 0 Å². The quantitative estimate of drug-likeness (QED) is 0.323. The molecule has 0 amide bonds. The third kappa shape index (κ3) is 1.93. The number of hydrogen-bond donors (Lipinski definition) is 0. The molecular weight excluding hydrogens is 233 g/mol. The second-order valence-electron chi connectivity index (χ2n) is 3.75. The topological polar surface area (TPSA) is 93.5 Å². The summed E-state index contributed by atoms with van der Waals surface area (Å²) in [5.74, 6) is -0.0709. The van der Waals surface area contributed by atoms with Gasteiger partial charge >= 0.3 is 0 Å². The van der Waals surface area contributed by atoms with Crippen molar-refractivity contribution in [2.24, 2.45) is 11.0 Å². The summed E-state index contributed by atoms with van der Waals surface area (Å²) >= 11 is 0. The Kier molecular flexibility index (Phi) is 3.74. The lowest BCUT2D eigenvalue weighted by Crippen LogP contribution is -2.51. The molecule has 8 heteroatoms. The molecule has 0 aromatic carbocycles. The molecule has 0 spiro atoms. The van der Waals surface area contributed by atoms with Crippen LogP contribution in [0.25, 0.3) is 10.4 Å². The Morgan fingerprint density at radius 1 is 1.69 bits per heavy atom. The molecule has 2 bridgehead atoms. The van der Waals surface area contributed by atoms with E-state index in [1.165, 1.54) is 0 Å². The van der Waals surface area contributed by atoms with Gasteiger partial charge in [0.2, 0.25) is 0 Å². The predicted molar refractivity (Wildman–Crippen MR) is 54.3 cm³/mol. The van der Waals surface area contributed by atoms with E-state index in [1.807, 2.05) is 0 Å².